The number of nitrogens with zero attached hydrogens (tertiary/aromatic N) is 1. The van der Waals surface area contributed by atoms with Crippen molar-refractivity contribution in [3.8, 4) is 0 Å². The summed E-state index contributed by atoms with van der Waals surface area (Å²) < 4.78 is 5.82. The monoisotopic (exact) mass is 225 g/mol. The van der Waals surface area contributed by atoms with Crippen LogP contribution in [0.1, 0.15) is 26.4 Å². The molecule has 0 unspecified atom stereocenters. The van der Waals surface area contributed by atoms with Crippen molar-refractivity contribution in [3.63, 3.8) is 0 Å². The highest BCUT2D eigenvalue weighted by molar-refractivity contribution is 6.40. The minimum atomic E-state index is -1.55. The van der Waals surface area contributed by atoms with Crippen LogP contribution >= 0.6 is 0 Å². The molecule has 1 aromatic rings. The van der Waals surface area contributed by atoms with Gasteiger partial charge in [-0.1, -0.05) is 0 Å². The van der Waals surface area contributed by atoms with E-state index < -0.39 is 17.7 Å². The van der Waals surface area contributed by atoms with Crippen molar-refractivity contribution in [2.75, 3.05) is 7.11 Å². The van der Waals surface area contributed by atoms with Crippen LogP contribution in [0, 0.1) is 6.92 Å². The topological polar surface area (TPSA) is 85.6 Å². The van der Waals surface area contributed by atoms with E-state index in [1.165, 1.54) is 31.8 Å². The first kappa shape index (κ1) is 12.0. The summed E-state index contributed by atoms with van der Waals surface area (Å²) in [5.74, 6) is -3.20. The van der Waals surface area contributed by atoms with Crippen molar-refractivity contribution in [2.45, 2.75) is 6.92 Å². The van der Waals surface area contributed by atoms with Gasteiger partial charge in [0.2, 0.25) is 0 Å². The molecule has 6 heteroatoms. The van der Waals surface area contributed by atoms with Crippen molar-refractivity contribution >= 4 is 17.7 Å². The fourth-order valence-corrected chi connectivity index (χ4v) is 1.49. The lowest BCUT2D eigenvalue weighted by Crippen LogP contribution is -2.17. The molecule has 0 aliphatic rings. The van der Waals surface area contributed by atoms with E-state index in [9.17, 15) is 14.4 Å². The second kappa shape index (κ2) is 4.18. The molecular formula is C10H11NO5. The van der Waals surface area contributed by atoms with Crippen molar-refractivity contribution in [3.05, 3.63) is 23.0 Å². The maximum atomic E-state index is 11.3. The quantitative estimate of drug-likeness (QED) is 0.457. The summed E-state index contributed by atoms with van der Waals surface area (Å²) in [6.45, 7) is 1.50. The molecule has 6 nitrogen and oxygen atoms in total. The van der Waals surface area contributed by atoms with Crippen LogP contribution in [0.2, 0.25) is 0 Å². The smallest absolute Gasteiger partial charge is 0.378 e. The second-order valence-corrected chi connectivity index (χ2v) is 3.25. The van der Waals surface area contributed by atoms with Gasteiger partial charge in [0.25, 0.3) is 5.78 Å². The van der Waals surface area contributed by atoms with Crippen molar-refractivity contribution < 1.29 is 24.2 Å². The zero-order valence-electron chi connectivity index (χ0n) is 9.10. The number of carbonyl (C=O) groups excluding carboxylic acids is 2. The number of carboxylic acid groups (broad SMARTS) is 1. The highest BCUT2D eigenvalue weighted by Crippen LogP contribution is 2.17. The third-order valence-corrected chi connectivity index (χ3v) is 2.25. The third kappa shape index (κ3) is 1.81. The van der Waals surface area contributed by atoms with Crippen molar-refractivity contribution in [1.29, 1.82) is 0 Å². The number of Topliss-reactive ketones (excluding diaryl/α,β-unsaturated/α-hetero) is 1. The van der Waals surface area contributed by atoms with Gasteiger partial charge in [0, 0.05) is 13.2 Å². The molecule has 0 aromatic carbocycles. The maximum Gasteiger partial charge on any atom is 0.378 e. The lowest BCUT2D eigenvalue weighted by atomic mass is 10.1. The molecular weight excluding hydrogens is 214 g/mol. The average Bonchev–Trinajstić information content (AvgIpc) is 2.52. The van der Waals surface area contributed by atoms with E-state index in [-0.39, 0.29) is 11.3 Å². The summed E-state index contributed by atoms with van der Waals surface area (Å²) in [7, 11) is 2.71. The van der Waals surface area contributed by atoms with Gasteiger partial charge in [-0.05, 0) is 12.5 Å². The Kier molecular flexibility index (Phi) is 3.12. The van der Waals surface area contributed by atoms with Crippen LogP contribution in [0.25, 0.3) is 0 Å². The zero-order valence-corrected chi connectivity index (χ0v) is 9.10. The molecule has 0 amide bonds. The van der Waals surface area contributed by atoms with E-state index in [2.05, 4.69) is 4.74 Å². The fraction of sp³-hybridized carbons (Fsp3) is 0.300. The molecule has 0 atom stereocenters. The zero-order chi connectivity index (χ0) is 12.5. The molecule has 0 saturated heterocycles. The molecule has 1 aromatic heterocycles. The Morgan fingerprint density at radius 1 is 1.38 bits per heavy atom. The number of ether oxygens (including phenoxy) is 1. The molecule has 0 bridgehead atoms. The summed E-state index contributed by atoms with van der Waals surface area (Å²) in [5.41, 5.74) is 0.476. The molecule has 86 valence electrons. The molecule has 16 heavy (non-hydrogen) atoms. The Labute approximate surface area is 91.4 Å². The predicted molar refractivity (Wildman–Crippen MR) is 53.5 cm³/mol. The van der Waals surface area contributed by atoms with Crippen LogP contribution in [0.5, 0.6) is 0 Å². The van der Waals surface area contributed by atoms with Gasteiger partial charge >= 0.3 is 11.9 Å². The number of rotatable bonds is 3. The van der Waals surface area contributed by atoms with Crippen LogP contribution in [0.15, 0.2) is 6.20 Å². The molecule has 0 spiro atoms. The SMILES string of the molecule is COC(=O)c1cn(C)c(C(=O)C(=O)O)c1C. The number of methoxy groups -OCH3 is 1. The van der Waals surface area contributed by atoms with E-state index in [1.54, 1.807) is 0 Å². The van der Waals surface area contributed by atoms with Gasteiger partial charge in [-0.15, -0.1) is 0 Å². The van der Waals surface area contributed by atoms with Gasteiger partial charge in [-0.2, -0.15) is 0 Å². The van der Waals surface area contributed by atoms with Crippen LogP contribution in [0.3, 0.4) is 0 Å². The summed E-state index contributed by atoms with van der Waals surface area (Å²) >= 11 is 0. The van der Waals surface area contributed by atoms with Gasteiger partial charge in [0.05, 0.1) is 12.7 Å². The van der Waals surface area contributed by atoms with Crippen molar-refractivity contribution in [2.24, 2.45) is 7.05 Å². The minimum Gasteiger partial charge on any atom is -0.475 e. The maximum absolute atomic E-state index is 11.3. The number of ketones is 1. The van der Waals surface area contributed by atoms with Crippen LogP contribution in [-0.4, -0.2) is 34.5 Å². The Morgan fingerprint density at radius 3 is 2.38 bits per heavy atom. The molecule has 1 N–H and O–H groups in total. The fourth-order valence-electron chi connectivity index (χ4n) is 1.49. The molecule has 1 heterocycles. The first-order chi connectivity index (χ1) is 7.40. The number of carboxylic acids is 1. The van der Waals surface area contributed by atoms with E-state index in [4.69, 9.17) is 5.11 Å². The van der Waals surface area contributed by atoms with E-state index >= 15 is 0 Å². The van der Waals surface area contributed by atoms with Gasteiger partial charge in [0.1, 0.15) is 5.69 Å². The summed E-state index contributed by atoms with van der Waals surface area (Å²) in [6.07, 6.45) is 1.37. The lowest BCUT2D eigenvalue weighted by molar-refractivity contribution is -0.131. The first-order valence-corrected chi connectivity index (χ1v) is 4.42. The highest BCUT2D eigenvalue weighted by Gasteiger charge is 2.25. The molecule has 0 radical (unpaired) electrons. The minimum absolute atomic E-state index is 0.0205. The molecule has 0 aliphatic carbocycles. The first-order valence-electron chi connectivity index (χ1n) is 4.42. The Bertz CT molecular complexity index is 472. The van der Waals surface area contributed by atoms with Crippen LogP contribution < -0.4 is 0 Å². The number of aliphatic carboxylic acids is 1. The van der Waals surface area contributed by atoms with E-state index in [1.807, 2.05) is 0 Å². The molecule has 1 rings (SSSR count). The van der Waals surface area contributed by atoms with Gasteiger partial charge in [-0.3, -0.25) is 4.79 Å². The normalized spacial score (nSPS) is 9.94. The molecule has 0 saturated carbocycles. The molecule has 0 aliphatic heterocycles. The lowest BCUT2D eigenvalue weighted by Gasteiger charge is -1.99. The number of aryl methyl sites for hydroxylation is 1. The van der Waals surface area contributed by atoms with Gasteiger partial charge in [0.15, 0.2) is 0 Å². The summed E-state index contributed by atoms with van der Waals surface area (Å²) in [5, 5.41) is 8.61. The standard InChI is InChI=1S/C10H11NO5/c1-5-6(10(15)16-3)4-11(2)7(5)8(12)9(13)14/h4H,1-3H3,(H,13,14). The summed E-state index contributed by atoms with van der Waals surface area (Å²) in [6, 6.07) is 0. The number of esters is 1. The average molecular weight is 225 g/mol. The molecule has 0 fully saturated rings. The van der Waals surface area contributed by atoms with Crippen LogP contribution in [-0.2, 0) is 16.6 Å². The van der Waals surface area contributed by atoms with E-state index in [0.29, 0.717) is 5.56 Å². The number of hydrogen-bond donors (Lipinski definition) is 1. The van der Waals surface area contributed by atoms with Gasteiger partial charge in [-0.25, -0.2) is 9.59 Å². The number of hydrogen-bond acceptors (Lipinski definition) is 4. The van der Waals surface area contributed by atoms with Crippen LogP contribution in [0.4, 0.5) is 0 Å². The Morgan fingerprint density at radius 2 is 1.94 bits per heavy atom. The number of aromatic nitrogens is 1. The van der Waals surface area contributed by atoms with E-state index in [0.717, 1.165) is 0 Å². The summed E-state index contributed by atoms with van der Waals surface area (Å²) in [4.78, 5) is 33.2. The Hall–Kier alpha value is -2.11. The second-order valence-electron chi connectivity index (χ2n) is 3.25. The predicted octanol–water partition coefficient (Wildman–Crippen LogP) is 0.387. The highest BCUT2D eigenvalue weighted by atomic mass is 16.5. The largest absolute Gasteiger partial charge is 0.475 e. The van der Waals surface area contributed by atoms with Crippen molar-refractivity contribution in [1.82, 2.24) is 4.57 Å². The Balaban J connectivity index is 3.33. The third-order valence-electron chi connectivity index (χ3n) is 2.25. The van der Waals surface area contributed by atoms with Gasteiger partial charge < -0.3 is 14.4 Å². The number of carbonyl (C=O) groups is 3.